The molecular formula is C11H18BrClN2S. The molecule has 1 aliphatic rings. The zero-order chi connectivity index (χ0) is 10.7. The first-order valence-electron chi connectivity index (χ1n) is 5.43. The van der Waals surface area contributed by atoms with Gasteiger partial charge in [0.1, 0.15) is 0 Å². The van der Waals surface area contributed by atoms with Crippen molar-refractivity contribution < 1.29 is 0 Å². The van der Waals surface area contributed by atoms with Crippen molar-refractivity contribution in [3.05, 3.63) is 20.8 Å². The van der Waals surface area contributed by atoms with Crippen LogP contribution >= 0.6 is 39.7 Å². The molecule has 2 nitrogen and oxygen atoms in total. The predicted molar refractivity (Wildman–Crippen MR) is 76.3 cm³/mol. The van der Waals surface area contributed by atoms with Gasteiger partial charge in [0, 0.05) is 21.3 Å². The van der Waals surface area contributed by atoms with Crippen LogP contribution in [0.2, 0.25) is 0 Å². The molecule has 5 heteroatoms. The molecule has 0 aliphatic carbocycles. The molecule has 2 heterocycles. The van der Waals surface area contributed by atoms with Gasteiger partial charge in [-0.15, -0.1) is 23.7 Å². The molecule has 2 N–H and O–H groups in total. The number of piperidine rings is 1. The van der Waals surface area contributed by atoms with Crippen LogP contribution in [0.25, 0.3) is 0 Å². The summed E-state index contributed by atoms with van der Waals surface area (Å²) < 4.78 is 1.21. The van der Waals surface area contributed by atoms with Gasteiger partial charge in [0.15, 0.2) is 0 Å². The Kier molecular flexibility index (Phi) is 6.29. The summed E-state index contributed by atoms with van der Waals surface area (Å²) >= 11 is 5.33. The standard InChI is InChI=1S/C11H17BrN2S.ClH/c12-10-5-11(15-8-10)7-14-3-1-9(6-13)2-4-14;/h5,8-9H,1-4,6-7,13H2;1H. The Balaban J connectivity index is 0.00000128. The molecule has 0 amide bonds. The molecule has 1 fully saturated rings. The van der Waals surface area contributed by atoms with Crippen LogP contribution in [0.1, 0.15) is 17.7 Å². The molecule has 0 atom stereocenters. The lowest BCUT2D eigenvalue weighted by Gasteiger charge is -2.30. The van der Waals surface area contributed by atoms with Crippen molar-refractivity contribution in [2.45, 2.75) is 19.4 Å². The van der Waals surface area contributed by atoms with E-state index in [-0.39, 0.29) is 12.4 Å². The monoisotopic (exact) mass is 324 g/mol. The van der Waals surface area contributed by atoms with Crippen molar-refractivity contribution in [1.82, 2.24) is 4.90 Å². The van der Waals surface area contributed by atoms with Crippen LogP contribution in [0.15, 0.2) is 15.9 Å². The highest BCUT2D eigenvalue weighted by Crippen LogP contribution is 2.23. The van der Waals surface area contributed by atoms with Gasteiger partial charge in [0.2, 0.25) is 0 Å². The average molecular weight is 326 g/mol. The summed E-state index contributed by atoms with van der Waals surface area (Å²) in [6.07, 6.45) is 2.53. The molecule has 0 spiro atoms. The van der Waals surface area contributed by atoms with Crippen molar-refractivity contribution in [1.29, 1.82) is 0 Å². The minimum atomic E-state index is 0. The van der Waals surface area contributed by atoms with Crippen LogP contribution in [0.4, 0.5) is 0 Å². The number of likely N-dealkylation sites (tertiary alicyclic amines) is 1. The number of hydrogen-bond acceptors (Lipinski definition) is 3. The third kappa shape index (κ3) is 4.00. The molecule has 1 aromatic rings. The fourth-order valence-electron chi connectivity index (χ4n) is 2.04. The second-order valence-electron chi connectivity index (χ2n) is 4.19. The lowest BCUT2D eigenvalue weighted by molar-refractivity contribution is 0.182. The SMILES string of the molecule is Cl.NCC1CCN(Cc2cc(Br)cs2)CC1. The number of halogens is 2. The maximum Gasteiger partial charge on any atom is 0.0328 e. The van der Waals surface area contributed by atoms with Gasteiger partial charge in [-0.3, -0.25) is 4.90 Å². The van der Waals surface area contributed by atoms with Crippen LogP contribution in [0, 0.1) is 5.92 Å². The smallest absolute Gasteiger partial charge is 0.0328 e. The Morgan fingerprint density at radius 2 is 2.12 bits per heavy atom. The predicted octanol–water partition coefficient (Wildman–Crippen LogP) is 3.10. The second-order valence-corrected chi connectivity index (χ2v) is 6.10. The molecule has 2 rings (SSSR count). The largest absolute Gasteiger partial charge is 0.330 e. The minimum Gasteiger partial charge on any atom is -0.330 e. The number of rotatable bonds is 3. The van der Waals surface area contributed by atoms with E-state index < -0.39 is 0 Å². The zero-order valence-electron chi connectivity index (χ0n) is 9.19. The van der Waals surface area contributed by atoms with Gasteiger partial charge in [0.05, 0.1) is 0 Å². The fourth-order valence-corrected chi connectivity index (χ4v) is 3.53. The third-order valence-corrected chi connectivity index (χ3v) is 4.72. The maximum absolute atomic E-state index is 5.68. The van der Waals surface area contributed by atoms with Crippen LogP contribution < -0.4 is 5.73 Å². The highest BCUT2D eigenvalue weighted by molar-refractivity contribution is 9.10. The van der Waals surface area contributed by atoms with Crippen molar-refractivity contribution in [3.8, 4) is 0 Å². The highest BCUT2D eigenvalue weighted by Gasteiger charge is 2.18. The van der Waals surface area contributed by atoms with Crippen LogP contribution in [0.3, 0.4) is 0 Å². The molecular weight excluding hydrogens is 308 g/mol. The van der Waals surface area contributed by atoms with E-state index in [0.29, 0.717) is 0 Å². The molecule has 1 aromatic heterocycles. The van der Waals surface area contributed by atoms with Gasteiger partial charge in [0.25, 0.3) is 0 Å². The van der Waals surface area contributed by atoms with Gasteiger partial charge in [-0.1, -0.05) is 0 Å². The Hall–Kier alpha value is 0.390. The summed E-state index contributed by atoms with van der Waals surface area (Å²) in [7, 11) is 0. The number of nitrogens with zero attached hydrogens (tertiary/aromatic N) is 1. The molecule has 1 saturated heterocycles. The third-order valence-electron chi connectivity index (χ3n) is 3.04. The molecule has 92 valence electrons. The first kappa shape index (κ1) is 14.5. The molecule has 0 aromatic carbocycles. The molecule has 1 aliphatic heterocycles. The Morgan fingerprint density at radius 3 is 2.62 bits per heavy atom. The van der Waals surface area contributed by atoms with Gasteiger partial charge in [-0.25, -0.2) is 0 Å². The fraction of sp³-hybridized carbons (Fsp3) is 0.636. The van der Waals surface area contributed by atoms with Crippen molar-refractivity contribution >= 4 is 39.7 Å². The molecule has 0 radical (unpaired) electrons. The van der Waals surface area contributed by atoms with Crippen LogP contribution in [-0.4, -0.2) is 24.5 Å². The quantitative estimate of drug-likeness (QED) is 0.925. The van der Waals surface area contributed by atoms with E-state index in [1.165, 1.54) is 35.3 Å². The summed E-state index contributed by atoms with van der Waals surface area (Å²) in [6, 6.07) is 2.22. The van der Waals surface area contributed by atoms with Gasteiger partial charge in [-0.2, -0.15) is 0 Å². The van der Waals surface area contributed by atoms with E-state index in [0.717, 1.165) is 19.0 Å². The highest BCUT2D eigenvalue weighted by atomic mass is 79.9. The lowest BCUT2D eigenvalue weighted by atomic mass is 9.97. The van der Waals surface area contributed by atoms with E-state index in [4.69, 9.17) is 5.73 Å². The number of thiophene rings is 1. The summed E-state index contributed by atoms with van der Waals surface area (Å²) in [6.45, 7) is 4.38. The molecule has 0 bridgehead atoms. The summed E-state index contributed by atoms with van der Waals surface area (Å²) in [5, 5.41) is 2.15. The van der Waals surface area contributed by atoms with E-state index in [1.807, 2.05) is 11.3 Å². The van der Waals surface area contributed by atoms with Crippen LogP contribution in [-0.2, 0) is 6.54 Å². The summed E-state index contributed by atoms with van der Waals surface area (Å²) in [5.41, 5.74) is 5.68. The number of hydrogen-bond donors (Lipinski definition) is 1. The van der Waals surface area contributed by atoms with E-state index in [1.54, 1.807) is 0 Å². The van der Waals surface area contributed by atoms with Gasteiger partial charge < -0.3 is 5.73 Å². The van der Waals surface area contributed by atoms with Gasteiger partial charge >= 0.3 is 0 Å². The van der Waals surface area contributed by atoms with E-state index in [2.05, 4.69) is 32.3 Å². The van der Waals surface area contributed by atoms with E-state index >= 15 is 0 Å². The lowest BCUT2D eigenvalue weighted by Crippen LogP contribution is -2.35. The molecule has 16 heavy (non-hydrogen) atoms. The first-order valence-corrected chi connectivity index (χ1v) is 7.10. The molecule has 0 unspecified atom stereocenters. The Morgan fingerprint density at radius 1 is 1.44 bits per heavy atom. The van der Waals surface area contributed by atoms with Crippen molar-refractivity contribution in [3.63, 3.8) is 0 Å². The molecule has 0 saturated carbocycles. The summed E-state index contributed by atoms with van der Waals surface area (Å²) in [5.74, 6) is 0.760. The van der Waals surface area contributed by atoms with E-state index in [9.17, 15) is 0 Å². The Bertz CT molecular complexity index is 311. The normalized spacial score (nSPS) is 18.4. The minimum absolute atomic E-state index is 0. The topological polar surface area (TPSA) is 29.3 Å². The van der Waals surface area contributed by atoms with Crippen molar-refractivity contribution in [2.75, 3.05) is 19.6 Å². The van der Waals surface area contributed by atoms with Gasteiger partial charge in [-0.05, 0) is 60.4 Å². The maximum atomic E-state index is 5.68. The number of nitrogens with two attached hydrogens (primary N) is 1. The van der Waals surface area contributed by atoms with Crippen molar-refractivity contribution in [2.24, 2.45) is 11.7 Å². The Labute approximate surface area is 116 Å². The first-order chi connectivity index (χ1) is 7.28. The van der Waals surface area contributed by atoms with Crippen LogP contribution in [0.5, 0.6) is 0 Å². The summed E-state index contributed by atoms with van der Waals surface area (Å²) in [4.78, 5) is 3.98. The average Bonchev–Trinajstić information content (AvgIpc) is 2.65. The second kappa shape index (κ2) is 6.97. The zero-order valence-corrected chi connectivity index (χ0v) is 12.4.